The van der Waals surface area contributed by atoms with Crippen LogP contribution in [0.1, 0.15) is 18.9 Å². The molecule has 104 valence electrons. The normalized spacial score (nSPS) is 25.7. The van der Waals surface area contributed by atoms with Crippen molar-refractivity contribution in [2.45, 2.75) is 38.0 Å². The summed E-state index contributed by atoms with van der Waals surface area (Å²) in [5.41, 5.74) is 6.73. The van der Waals surface area contributed by atoms with Gasteiger partial charge in [0.05, 0.1) is 18.6 Å². The quantitative estimate of drug-likeness (QED) is 0.725. The predicted octanol–water partition coefficient (Wildman–Crippen LogP) is 0.556. The Kier molecular flexibility index (Phi) is 4.39. The van der Waals surface area contributed by atoms with Crippen molar-refractivity contribution in [1.82, 2.24) is 5.32 Å². The number of phenolic OH excluding ortho intramolecular Hbond substituents is 1. The number of hydrogen-bond donors (Lipinski definition) is 3. The van der Waals surface area contributed by atoms with Gasteiger partial charge in [-0.1, -0.05) is 12.1 Å². The molecule has 0 aliphatic heterocycles. The van der Waals surface area contributed by atoms with Crippen molar-refractivity contribution in [3.05, 3.63) is 29.8 Å². The van der Waals surface area contributed by atoms with Gasteiger partial charge in [-0.05, 0) is 31.0 Å². The first-order chi connectivity index (χ1) is 9.10. The molecule has 2 rings (SSSR count). The lowest BCUT2D eigenvalue weighted by Crippen LogP contribution is -2.64. The first kappa shape index (κ1) is 13.8. The van der Waals surface area contributed by atoms with E-state index in [4.69, 9.17) is 10.5 Å². The summed E-state index contributed by atoms with van der Waals surface area (Å²) in [5, 5.41) is 12.1. The zero-order valence-corrected chi connectivity index (χ0v) is 11.0. The molecule has 4 N–H and O–H groups in total. The molecule has 0 heterocycles. The highest BCUT2D eigenvalue weighted by molar-refractivity contribution is 5.79. The van der Waals surface area contributed by atoms with Crippen LogP contribution in [0, 0.1) is 0 Å². The Morgan fingerprint density at radius 3 is 2.74 bits per heavy atom. The van der Waals surface area contributed by atoms with E-state index in [1.807, 2.05) is 6.92 Å². The van der Waals surface area contributed by atoms with Crippen LogP contribution in [0.4, 0.5) is 0 Å². The zero-order chi connectivity index (χ0) is 13.8. The second-order valence-electron chi connectivity index (χ2n) is 4.83. The van der Waals surface area contributed by atoms with Crippen LogP contribution in [0.15, 0.2) is 24.3 Å². The highest BCUT2D eigenvalue weighted by Crippen LogP contribution is 2.22. The Morgan fingerprint density at radius 1 is 1.47 bits per heavy atom. The van der Waals surface area contributed by atoms with Crippen molar-refractivity contribution in [2.24, 2.45) is 5.73 Å². The molecular formula is C14H20N2O3. The number of amides is 1. The fourth-order valence-corrected chi connectivity index (χ4v) is 2.26. The molecule has 0 saturated heterocycles. The Hall–Kier alpha value is -1.59. The van der Waals surface area contributed by atoms with Gasteiger partial charge in [-0.25, -0.2) is 0 Å². The van der Waals surface area contributed by atoms with Gasteiger partial charge in [-0.15, -0.1) is 0 Å². The summed E-state index contributed by atoms with van der Waals surface area (Å²) in [5.74, 6) is 0.122. The monoisotopic (exact) mass is 264 g/mol. The lowest BCUT2D eigenvalue weighted by Gasteiger charge is -2.42. The molecule has 3 unspecified atom stereocenters. The number of nitrogens with one attached hydrogen (secondary N) is 1. The second-order valence-corrected chi connectivity index (χ2v) is 4.83. The molecule has 1 aromatic carbocycles. The Balaban J connectivity index is 1.85. The van der Waals surface area contributed by atoms with Crippen LogP contribution in [0.3, 0.4) is 0 Å². The highest BCUT2D eigenvalue weighted by Gasteiger charge is 2.40. The van der Waals surface area contributed by atoms with Crippen LogP contribution in [-0.4, -0.2) is 35.8 Å². The van der Waals surface area contributed by atoms with Crippen molar-refractivity contribution in [3.8, 4) is 5.75 Å². The molecule has 1 fully saturated rings. The largest absolute Gasteiger partial charge is 0.508 e. The smallest absolute Gasteiger partial charge is 0.224 e. The number of phenols is 1. The lowest BCUT2D eigenvalue weighted by molar-refractivity contribution is -0.125. The number of nitrogens with two attached hydrogens (primary N) is 1. The third-order valence-corrected chi connectivity index (χ3v) is 3.38. The average molecular weight is 264 g/mol. The van der Waals surface area contributed by atoms with E-state index in [-0.39, 0.29) is 36.3 Å². The Morgan fingerprint density at radius 2 is 2.16 bits per heavy atom. The molecular weight excluding hydrogens is 244 g/mol. The van der Waals surface area contributed by atoms with Gasteiger partial charge in [0.25, 0.3) is 0 Å². The van der Waals surface area contributed by atoms with Gasteiger partial charge < -0.3 is 20.9 Å². The van der Waals surface area contributed by atoms with E-state index < -0.39 is 0 Å². The maximum atomic E-state index is 11.9. The molecule has 5 heteroatoms. The summed E-state index contributed by atoms with van der Waals surface area (Å²) in [6.07, 6.45) is 1.10. The van der Waals surface area contributed by atoms with Crippen molar-refractivity contribution in [1.29, 1.82) is 0 Å². The molecule has 19 heavy (non-hydrogen) atoms. The van der Waals surface area contributed by atoms with Crippen LogP contribution in [-0.2, 0) is 16.0 Å². The van der Waals surface area contributed by atoms with E-state index in [9.17, 15) is 9.90 Å². The molecule has 0 radical (unpaired) electrons. The van der Waals surface area contributed by atoms with Gasteiger partial charge in [0.15, 0.2) is 0 Å². The summed E-state index contributed by atoms with van der Waals surface area (Å²) in [6, 6.07) is 6.48. The van der Waals surface area contributed by atoms with E-state index in [1.54, 1.807) is 24.3 Å². The van der Waals surface area contributed by atoms with Crippen molar-refractivity contribution >= 4 is 5.91 Å². The zero-order valence-electron chi connectivity index (χ0n) is 11.0. The van der Waals surface area contributed by atoms with Crippen LogP contribution < -0.4 is 11.1 Å². The van der Waals surface area contributed by atoms with Crippen LogP contribution in [0.25, 0.3) is 0 Å². The first-order valence-corrected chi connectivity index (χ1v) is 6.54. The number of aromatic hydroxyl groups is 1. The molecule has 5 nitrogen and oxygen atoms in total. The minimum absolute atomic E-state index is 0.0275. The van der Waals surface area contributed by atoms with Gasteiger partial charge in [0.2, 0.25) is 5.91 Å². The molecule has 0 aromatic heterocycles. The van der Waals surface area contributed by atoms with Gasteiger partial charge in [0.1, 0.15) is 5.75 Å². The molecule has 1 amide bonds. The molecule has 1 aliphatic rings. The molecule has 1 saturated carbocycles. The van der Waals surface area contributed by atoms with Gasteiger partial charge >= 0.3 is 0 Å². The molecule has 0 bridgehead atoms. The van der Waals surface area contributed by atoms with E-state index >= 15 is 0 Å². The molecule has 0 spiro atoms. The minimum Gasteiger partial charge on any atom is -0.508 e. The third kappa shape index (κ3) is 3.45. The second kappa shape index (κ2) is 6.04. The number of ether oxygens (including phenoxy) is 1. The molecule has 1 aromatic rings. The van der Waals surface area contributed by atoms with E-state index in [1.165, 1.54) is 0 Å². The Bertz CT molecular complexity index is 431. The maximum Gasteiger partial charge on any atom is 0.224 e. The number of carbonyl (C=O) groups excluding carboxylic acids is 1. The van der Waals surface area contributed by atoms with Crippen molar-refractivity contribution < 1.29 is 14.6 Å². The fourth-order valence-electron chi connectivity index (χ4n) is 2.26. The summed E-state index contributed by atoms with van der Waals surface area (Å²) in [4.78, 5) is 11.9. The van der Waals surface area contributed by atoms with E-state index in [0.29, 0.717) is 6.61 Å². The number of carbonyl (C=O) groups is 1. The van der Waals surface area contributed by atoms with Crippen molar-refractivity contribution in [3.63, 3.8) is 0 Å². The molecule has 3 atom stereocenters. The van der Waals surface area contributed by atoms with E-state index in [2.05, 4.69) is 5.32 Å². The lowest BCUT2D eigenvalue weighted by atomic mass is 9.83. The van der Waals surface area contributed by atoms with Gasteiger partial charge in [0, 0.05) is 12.6 Å². The highest BCUT2D eigenvalue weighted by atomic mass is 16.5. The minimum atomic E-state index is -0.0930. The SMILES string of the molecule is CCOC1CC(N)C1NC(=O)Cc1ccc(O)cc1. The average Bonchev–Trinajstić information content (AvgIpc) is 2.39. The Labute approximate surface area is 112 Å². The first-order valence-electron chi connectivity index (χ1n) is 6.54. The number of benzene rings is 1. The maximum absolute atomic E-state index is 11.9. The molecule has 1 aliphatic carbocycles. The standard InChI is InChI=1S/C14H20N2O3/c1-2-19-12-8-11(15)14(12)16-13(18)7-9-3-5-10(17)6-4-9/h3-6,11-12,14,17H,2,7-8,15H2,1H3,(H,16,18). The van der Waals surface area contributed by atoms with Crippen LogP contribution >= 0.6 is 0 Å². The van der Waals surface area contributed by atoms with Crippen LogP contribution in [0.2, 0.25) is 0 Å². The van der Waals surface area contributed by atoms with Gasteiger partial charge in [-0.2, -0.15) is 0 Å². The van der Waals surface area contributed by atoms with Crippen molar-refractivity contribution in [2.75, 3.05) is 6.61 Å². The third-order valence-electron chi connectivity index (χ3n) is 3.38. The number of hydrogen-bond acceptors (Lipinski definition) is 4. The van der Waals surface area contributed by atoms with Gasteiger partial charge in [-0.3, -0.25) is 4.79 Å². The summed E-state index contributed by atoms with van der Waals surface area (Å²) in [7, 11) is 0. The summed E-state index contributed by atoms with van der Waals surface area (Å²) < 4.78 is 5.50. The number of rotatable bonds is 5. The van der Waals surface area contributed by atoms with E-state index in [0.717, 1.165) is 12.0 Å². The van der Waals surface area contributed by atoms with Crippen LogP contribution in [0.5, 0.6) is 5.75 Å². The predicted molar refractivity (Wildman–Crippen MR) is 71.7 cm³/mol. The topological polar surface area (TPSA) is 84.6 Å². The summed E-state index contributed by atoms with van der Waals surface area (Å²) >= 11 is 0. The summed E-state index contributed by atoms with van der Waals surface area (Å²) in [6.45, 7) is 2.56. The fraction of sp³-hybridized carbons (Fsp3) is 0.500.